The lowest BCUT2D eigenvalue weighted by Gasteiger charge is -2.32. The molecule has 3 rings (SSSR count). The molecule has 1 atom stereocenters. The highest BCUT2D eigenvalue weighted by Crippen LogP contribution is 2.30. The smallest absolute Gasteiger partial charge is 0.406 e. The Bertz CT molecular complexity index is 1100. The molecule has 0 unspecified atom stereocenters. The number of nitrogens with one attached hydrogen (secondary N) is 1. The Morgan fingerprint density at radius 1 is 1.03 bits per heavy atom. The van der Waals surface area contributed by atoms with Crippen LogP contribution in [0.3, 0.4) is 0 Å². The van der Waals surface area contributed by atoms with E-state index in [1.165, 1.54) is 17.0 Å². The lowest BCUT2D eigenvalue weighted by molar-refractivity contribution is -0.274. The van der Waals surface area contributed by atoms with Crippen LogP contribution in [-0.4, -0.2) is 38.2 Å². The summed E-state index contributed by atoms with van der Waals surface area (Å²) in [6, 6.07) is 6.76. The van der Waals surface area contributed by atoms with Crippen molar-refractivity contribution < 1.29 is 44.3 Å². The van der Waals surface area contributed by atoms with Crippen LogP contribution in [0.1, 0.15) is 24.0 Å². The summed E-state index contributed by atoms with van der Waals surface area (Å²) in [5, 5.41) is 0. The normalized spacial score (nSPS) is 17.8. The Labute approximate surface area is 185 Å². The average molecular weight is 496 g/mol. The summed E-state index contributed by atoms with van der Waals surface area (Å²) in [7, 11) is -4.26. The third-order valence-electron chi connectivity index (χ3n) is 4.82. The van der Waals surface area contributed by atoms with Crippen LogP contribution in [0.5, 0.6) is 5.75 Å². The van der Waals surface area contributed by atoms with Crippen LogP contribution < -0.4 is 9.46 Å². The molecule has 1 amide bonds. The second-order valence-corrected chi connectivity index (χ2v) is 9.01. The highest BCUT2D eigenvalue weighted by molar-refractivity contribution is 7.89. The van der Waals surface area contributed by atoms with E-state index < -0.39 is 45.8 Å². The molecule has 0 aliphatic carbocycles. The molecule has 0 saturated carbocycles. The molecular formula is C20H18F6N2O4S. The molecule has 6 nitrogen and oxygen atoms in total. The van der Waals surface area contributed by atoms with Crippen molar-refractivity contribution in [2.24, 2.45) is 0 Å². The number of likely N-dealkylation sites (tertiary alicyclic amines) is 1. The summed E-state index contributed by atoms with van der Waals surface area (Å²) in [6.07, 6.45) is -8.92. The van der Waals surface area contributed by atoms with Crippen molar-refractivity contribution in [1.82, 2.24) is 9.62 Å². The molecule has 1 heterocycles. The van der Waals surface area contributed by atoms with Gasteiger partial charge in [-0.2, -0.15) is 17.9 Å². The number of piperidine rings is 1. The van der Waals surface area contributed by atoms with Crippen LogP contribution in [0.15, 0.2) is 53.4 Å². The Morgan fingerprint density at radius 2 is 1.70 bits per heavy atom. The second-order valence-electron chi connectivity index (χ2n) is 7.29. The number of halogens is 6. The summed E-state index contributed by atoms with van der Waals surface area (Å²) < 4.78 is 107. The molecule has 0 spiro atoms. The third-order valence-corrected chi connectivity index (χ3v) is 6.31. The molecule has 1 N–H and O–H groups in total. The van der Waals surface area contributed by atoms with E-state index in [9.17, 15) is 39.6 Å². The van der Waals surface area contributed by atoms with Gasteiger partial charge >= 0.3 is 12.5 Å². The van der Waals surface area contributed by atoms with Crippen molar-refractivity contribution in [2.45, 2.75) is 42.9 Å². The number of nitrogens with zero attached hydrogens (tertiary/aromatic N) is 1. The zero-order valence-corrected chi connectivity index (χ0v) is 17.6. The van der Waals surface area contributed by atoms with Gasteiger partial charge in [0.2, 0.25) is 15.9 Å². The highest BCUT2D eigenvalue weighted by atomic mass is 32.2. The Hall–Kier alpha value is -2.80. The summed E-state index contributed by atoms with van der Waals surface area (Å²) in [6.45, 7) is 0.0985. The molecule has 0 bridgehead atoms. The molecule has 0 aromatic heterocycles. The van der Waals surface area contributed by atoms with Crippen LogP contribution in [0, 0.1) is 0 Å². The number of alkyl halides is 6. The molecule has 1 saturated heterocycles. The number of carbonyl (C=O) groups excluding carboxylic acids is 1. The van der Waals surface area contributed by atoms with Gasteiger partial charge in [0.25, 0.3) is 0 Å². The Kier molecular flexibility index (Phi) is 6.93. The van der Waals surface area contributed by atoms with E-state index in [2.05, 4.69) is 9.46 Å². The Balaban J connectivity index is 1.69. The molecule has 2 aromatic rings. The van der Waals surface area contributed by atoms with Crippen molar-refractivity contribution in [1.29, 1.82) is 0 Å². The zero-order valence-electron chi connectivity index (χ0n) is 16.8. The van der Waals surface area contributed by atoms with Crippen LogP contribution in [-0.2, 0) is 27.5 Å². The molecule has 13 heteroatoms. The number of rotatable bonds is 6. The quantitative estimate of drug-likeness (QED) is 0.612. The number of benzene rings is 2. The van der Waals surface area contributed by atoms with Gasteiger partial charge in [-0.05, 0) is 54.8 Å². The first kappa shape index (κ1) is 24.8. The summed E-state index contributed by atoms with van der Waals surface area (Å²) in [5.41, 5.74) is -0.624. The fourth-order valence-corrected chi connectivity index (χ4v) is 4.57. The van der Waals surface area contributed by atoms with Crippen molar-refractivity contribution in [3.05, 3.63) is 59.7 Å². The molecule has 0 radical (unpaired) electrons. The average Bonchev–Trinajstić information content (AvgIpc) is 2.70. The third kappa shape index (κ3) is 6.60. The number of carbonyl (C=O) groups is 1. The minimum Gasteiger partial charge on any atom is -0.406 e. The number of sulfonamides is 1. The van der Waals surface area contributed by atoms with Crippen LogP contribution >= 0.6 is 0 Å². The van der Waals surface area contributed by atoms with Crippen molar-refractivity contribution in [2.75, 3.05) is 6.54 Å². The topological polar surface area (TPSA) is 75.7 Å². The first-order valence-corrected chi connectivity index (χ1v) is 11.1. The maximum Gasteiger partial charge on any atom is 0.573 e. The van der Waals surface area contributed by atoms with E-state index in [0.717, 1.165) is 36.4 Å². The molecule has 180 valence electrons. The molecule has 1 fully saturated rings. The maximum absolute atomic E-state index is 12.9. The lowest BCUT2D eigenvalue weighted by Crippen LogP contribution is -2.51. The van der Waals surface area contributed by atoms with E-state index in [4.69, 9.17) is 0 Å². The van der Waals surface area contributed by atoms with Gasteiger partial charge in [-0.3, -0.25) is 4.79 Å². The molecular weight excluding hydrogens is 478 g/mol. The van der Waals surface area contributed by atoms with Gasteiger partial charge in [0.05, 0.1) is 10.5 Å². The second kappa shape index (κ2) is 9.21. The van der Waals surface area contributed by atoms with E-state index in [-0.39, 0.29) is 30.0 Å². The summed E-state index contributed by atoms with van der Waals surface area (Å²) >= 11 is 0. The maximum atomic E-state index is 12.9. The minimum atomic E-state index is -4.93. The monoisotopic (exact) mass is 496 g/mol. The van der Waals surface area contributed by atoms with Crippen LogP contribution in [0.4, 0.5) is 26.3 Å². The van der Waals surface area contributed by atoms with E-state index in [1.54, 1.807) is 0 Å². The van der Waals surface area contributed by atoms with Gasteiger partial charge in [0.15, 0.2) is 0 Å². The fraction of sp³-hybridized carbons (Fsp3) is 0.350. The minimum absolute atomic E-state index is 0.134. The van der Waals surface area contributed by atoms with Crippen LogP contribution in [0.25, 0.3) is 0 Å². The van der Waals surface area contributed by atoms with Gasteiger partial charge in [0.1, 0.15) is 11.8 Å². The van der Waals surface area contributed by atoms with E-state index >= 15 is 0 Å². The van der Waals surface area contributed by atoms with E-state index in [0.29, 0.717) is 6.42 Å². The van der Waals surface area contributed by atoms with Gasteiger partial charge in [-0.1, -0.05) is 12.1 Å². The molecule has 33 heavy (non-hydrogen) atoms. The summed E-state index contributed by atoms with van der Waals surface area (Å²) in [5.74, 6) is -1.22. The highest BCUT2D eigenvalue weighted by Gasteiger charge is 2.34. The molecule has 1 aliphatic rings. The lowest BCUT2D eigenvalue weighted by atomic mass is 10.0. The largest absolute Gasteiger partial charge is 0.573 e. The number of hydrogen-bond acceptors (Lipinski definition) is 4. The van der Waals surface area contributed by atoms with Crippen molar-refractivity contribution >= 4 is 15.9 Å². The molecule has 2 aromatic carbocycles. The predicted octanol–water partition coefficient (Wildman–Crippen LogP) is 4.07. The van der Waals surface area contributed by atoms with Gasteiger partial charge in [-0.15, -0.1) is 13.2 Å². The van der Waals surface area contributed by atoms with Crippen LogP contribution in [0.2, 0.25) is 0 Å². The van der Waals surface area contributed by atoms with Gasteiger partial charge in [-0.25, -0.2) is 8.42 Å². The predicted molar refractivity (Wildman–Crippen MR) is 103 cm³/mol. The Morgan fingerprint density at radius 3 is 2.30 bits per heavy atom. The zero-order chi connectivity index (χ0) is 24.4. The molecule has 1 aliphatic heterocycles. The number of amides is 1. The fourth-order valence-electron chi connectivity index (χ4n) is 3.35. The first-order valence-electron chi connectivity index (χ1n) is 9.58. The van der Waals surface area contributed by atoms with Gasteiger partial charge < -0.3 is 9.64 Å². The van der Waals surface area contributed by atoms with Crippen molar-refractivity contribution in [3.63, 3.8) is 0 Å². The van der Waals surface area contributed by atoms with E-state index in [1.807, 2.05) is 0 Å². The number of hydrogen-bond donors (Lipinski definition) is 1. The first-order chi connectivity index (χ1) is 15.2. The van der Waals surface area contributed by atoms with Crippen molar-refractivity contribution in [3.8, 4) is 5.75 Å². The standard InChI is InChI=1S/C20H18F6N2O4S/c21-19(22,23)14-4-1-3-13(11-14)12-28-10-2-5-17(18(28)29)27-33(30,31)16-8-6-15(7-9-16)32-20(24,25)26/h1,3-4,6-9,11,17,27H,2,5,10,12H2/t17-/m1/s1. The van der Waals surface area contributed by atoms with Gasteiger partial charge in [0, 0.05) is 13.1 Å². The summed E-state index contributed by atoms with van der Waals surface area (Å²) in [4.78, 5) is 13.6. The number of ether oxygens (including phenoxy) is 1. The SMILES string of the molecule is O=C1[C@H](NS(=O)(=O)c2ccc(OC(F)(F)F)cc2)CCCN1Cc1cccc(C(F)(F)F)c1.